The van der Waals surface area contributed by atoms with E-state index in [1.165, 1.54) is 32.1 Å². The summed E-state index contributed by atoms with van der Waals surface area (Å²) in [6, 6.07) is 9.16. The third kappa shape index (κ3) is 26.9. The van der Waals surface area contributed by atoms with Crippen LogP contribution in [0.3, 0.4) is 0 Å². The molecule has 0 saturated carbocycles. The van der Waals surface area contributed by atoms with Crippen molar-refractivity contribution in [3.8, 4) is 0 Å². The predicted molar refractivity (Wildman–Crippen MR) is 83.9 cm³/mol. The largest absolute Gasteiger partial charge is 1.00 e. The van der Waals surface area contributed by atoms with E-state index in [1.807, 2.05) is 24.3 Å². The van der Waals surface area contributed by atoms with Crippen LogP contribution in [0.15, 0.2) is 43.0 Å². The number of halogens is 6. The SMILES string of the molecule is C=CCCCCCCCCCOC(=O)c1ccccc1.[Cl-].[Cl-].[Cl-].[Cl-].[Cl-].[Cl-].[W]. The van der Waals surface area contributed by atoms with Crippen LogP contribution in [0.4, 0.5) is 0 Å². The zero-order chi connectivity index (χ0) is 14.5. The summed E-state index contributed by atoms with van der Waals surface area (Å²) in [7, 11) is 0. The van der Waals surface area contributed by atoms with Gasteiger partial charge in [0.2, 0.25) is 0 Å². The van der Waals surface area contributed by atoms with E-state index >= 15 is 0 Å². The van der Waals surface area contributed by atoms with Gasteiger partial charge in [-0.2, -0.15) is 0 Å². The molecule has 0 spiro atoms. The Balaban J connectivity index is -0.000000114. The molecule has 0 heterocycles. The van der Waals surface area contributed by atoms with E-state index in [4.69, 9.17) is 4.74 Å². The summed E-state index contributed by atoms with van der Waals surface area (Å²) in [4.78, 5) is 11.6. The van der Waals surface area contributed by atoms with Crippen molar-refractivity contribution in [1.29, 1.82) is 0 Å². The summed E-state index contributed by atoms with van der Waals surface area (Å²) >= 11 is 0. The van der Waals surface area contributed by atoms with E-state index < -0.39 is 0 Å². The topological polar surface area (TPSA) is 26.3 Å². The van der Waals surface area contributed by atoms with Gasteiger partial charge in [0, 0.05) is 21.1 Å². The van der Waals surface area contributed by atoms with Gasteiger partial charge in [-0.25, -0.2) is 4.79 Å². The van der Waals surface area contributed by atoms with Crippen molar-refractivity contribution in [3.63, 3.8) is 0 Å². The van der Waals surface area contributed by atoms with Gasteiger partial charge in [0.25, 0.3) is 0 Å². The van der Waals surface area contributed by atoms with Gasteiger partial charge in [-0.3, -0.25) is 0 Å². The maximum Gasteiger partial charge on any atom is 0.338 e. The number of carbonyl (C=O) groups excluding carboxylic acids is 1. The average Bonchev–Trinajstić information content (AvgIpc) is 2.50. The number of carbonyl (C=O) groups is 1. The van der Waals surface area contributed by atoms with Crippen molar-refractivity contribution in [3.05, 3.63) is 48.6 Å². The van der Waals surface area contributed by atoms with E-state index in [0.717, 1.165) is 19.3 Å². The second kappa shape index (κ2) is 34.4. The Kier molecular flexibility index (Phi) is 58.8. The smallest absolute Gasteiger partial charge is 0.338 e. The maximum absolute atomic E-state index is 11.6. The Morgan fingerprint density at radius 2 is 1.22 bits per heavy atom. The molecule has 0 unspecified atom stereocenters. The minimum absolute atomic E-state index is 0. The number of ether oxygens (including phenoxy) is 1. The van der Waals surface area contributed by atoms with E-state index in [1.54, 1.807) is 12.1 Å². The Labute approximate surface area is 216 Å². The summed E-state index contributed by atoms with van der Waals surface area (Å²) in [5.41, 5.74) is 0.634. The standard InChI is InChI=1S/C18H26O2.6ClH.W/c1-2-3-4-5-6-7-8-9-13-16-20-18(19)17-14-11-10-12-15-17;;;;;;;/h2,10-12,14-15H,1,3-9,13,16H2;6*1H;/p-6. The van der Waals surface area contributed by atoms with Crippen molar-refractivity contribution in [2.24, 2.45) is 0 Å². The van der Waals surface area contributed by atoms with Gasteiger partial charge in [0.1, 0.15) is 0 Å². The van der Waals surface area contributed by atoms with Gasteiger partial charge in [-0.05, 0) is 31.4 Å². The summed E-state index contributed by atoms with van der Waals surface area (Å²) in [6.07, 6.45) is 11.6. The fourth-order valence-electron chi connectivity index (χ4n) is 2.10. The molecule has 0 aliphatic carbocycles. The first kappa shape index (κ1) is 46.2. The van der Waals surface area contributed by atoms with Crippen LogP contribution in [0.5, 0.6) is 0 Å². The van der Waals surface area contributed by atoms with Gasteiger partial charge >= 0.3 is 5.97 Å². The number of rotatable bonds is 11. The van der Waals surface area contributed by atoms with E-state index in [9.17, 15) is 4.79 Å². The molecule has 0 radical (unpaired) electrons. The van der Waals surface area contributed by atoms with Gasteiger partial charge in [0.05, 0.1) is 12.2 Å². The molecule has 0 N–H and O–H groups in total. The molecule has 0 atom stereocenters. The summed E-state index contributed by atoms with van der Waals surface area (Å²) in [5.74, 6) is -0.213. The Hall–Kier alpha value is 0.858. The molecule has 0 amide bonds. The first-order chi connectivity index (χ1) is 9.84. The second-order valence-electron chi connectivity index (χ2n) is 5.05. The number of hydrogen-bond donors (Lipinski definition) is 0. The van der Waals surface area contributed by atoms with Crippen molar-refractivity contribution in [2.75, 3.05) is 6.61 Å². The summed E-state index contributed by atoms with van der Waals surface area (Å²) in [6.45, 7) is 4.25. The first-order valence-corrected chi connectivity index (χ1v) is 7.67. The number of esters is 1. The summed E-state index contributed by atoms with van der Waals surface area (Å²) < 4.78 is 5.24. The minimum atomic E-state index is -0.213. The third-order valence-corrected chi connectivity index (χ3v) is 3.30. The van der Waals surface area contributed by atoms with Gasteiger partial charge in [-0.15, -0.1) is 6.58 Å². The monoisotopic (exact) mass is 668 g/mol. The second-order valence-corrected chi connectivity index (χ2v) is 5.05. The molecule has 0 bridgehead atoms. The maximum atomic E-state index is 11.6. The van der Waals surface area contributed by atoms with E-state index in [2.05, 4.69) is 6.58 Å². The van der Waals surface area contributed by atoms with Crippen LogP contribution in [0.2, 0.25) is 0 Å². The van der Waals surface area contributed by atoms with Crippen molar-refractivity contribution in [2.45, 2.75) is 51.4 Å². The molecule has 1 rings (SSSR count). The third-order valence-electron chi connectivity index (χ3n) is 3.30. The molecule has 1 aromatic carbocycles. The van der Waals surface area contributed by atoms with Crippen LogP contribution in [0, 0.1) is 0 Å². The molecule has 0 fully saturated rings. The number of allylic oxidation sites excluding steroid dienone is 1. The summed E-state index contributed by atoms with van der Waals surface area (Å²) in [5, 5.41) is 0. The molecular formula is C18H26Cl6O2W-6. The van der Waals surface area contributed by atoms with E-state index in [0.29, 0.717) is 12.2 Å². The number of hydrogen-bond acceptors (Lipinski definition) is 2. The molecule has 0 aliphatic rings. The Morgan fingerprint density at radius 3 is 1.70 bits per heavy atom. The Morgan fingerprint density at radius 1 is 0.778 bits per heavy atom. The zero-order valence-electron chi connectivity index (χ0n) is 15.0. The minimum Gasteiger partial charge on any atom is -1.00 e. The average molecular weight is 671 g/mol. The molecule has 0 aromatic heterocycles. The predicted octanol–water partition coefficient (Wildman–Crippen LogP) is -12.8. The fourth-order valence-corrected chi connectivity index (χ4v) is 2.10. The van der Waals surface area contributed by atoms with Crippen molar-refractivity contribution >= 4 is 5.97 Å². The fraction of sp³-hybridized carbons (Fsp3) is 0.500. The van der Waals surface area contributed by atoms with Crippen LogP contribution >= 0.6 is 0 Å². The Bertz CT molecular complexity index is 397. The molecule has 9 heteroatoms. The van der Waals surface area contributed by atoms with Crippen LogP contribution in [-0.2, 0) is 25.8 Å². The molecular weight excluding hydrogens is 645 g/mol. The van der Waals surface area contributed by atoms with E-state index in [-0.39, 0.29) is 101 Å². The normalized spacial score (nSPS) is 7.56. The number of benzene rings is 1. The zero-order valence-corrected chi connectivity index (χ0v) is 22.5. The molecule has 164 valence electrons. The van der Waals surface area contributed by atoms with Crippen LogP contribution in [0.25, 0.3) is 0 Å². The van der Waals surface area contributed by atoms with Crippen molar-refractivity contribution < 1.29 is 105 Å². The van der Waals surface area contributed by atoms with Crippen LogP contribution in [-0.4, -0.2) is 12.6 Å². The van der Waals surface area contributed by atoms with Gasteiger partial charge < -0.3 is 79.2 Å². The first-order valence-electron chi connectivity index (χ1n) is 7.67. The molecule has 1 aromatic rings. The quantitative estimate of drug-likeness (QED) is 0.133. The van der Waals surface area contributed by atoms with Crippen LogP contribution < -0.4 is 74.4 Å². The molecule has 0 saturated heterocycles. The number of unbranched alkanes of at least 4 members (excludes halogenated alkanes) is 7. The van der Waals surface area contributed by atoms with Crippen molar-refractivity contribution in [1.82, 2.24) is 0 Å². The van der Waals surface area contributed by atoms with Gasteiger partial charge in [0.15, 0.2) is 0 Å². The van der Waals surface area contributed by atoms with Crippen LogP contribution in [0.1, 0.15) is 61.7 Å². The molecule has 0 aliphatic heterocycles. The molecule has 2 nitrogen and oxygen atoms in total. The molecule has 27 heavy (non-hydrogen) atoms. The van der Waals surface area contributed by atoms with Gasteiger partial charge in [-0.1, -0.05) is 56.4 Å².